The van der Waals surface area contributed by atoms with Gasteiger partial charge in [-0.25, -0.2) is 4.79 Å². The SMILES string of the molecule is COC(=O)[C@@H](NC(=O)Cc1ccc(O)cc1)c1ccc(O)cc1. The first kappa shape index (κ1) is 16.4. The van der Waals surface area contributed by atoms with Gasteiger partial charge < -0.3 is 20.3 Å². The summed E-state index contributed by atoms with van der Waals surface area (Å²) in [5.74, 6) is -0.785. The first-order valence-electron chi connectivity index (χ1n) is 6.93. The molecule has 6 heteroatoms. The third kappa shape index (κ3) is 4.47. The highest BCUT2D eigenvalue weighted by molar-refractivity contribution is 5.86. The highest BCUT2D eigenvalue weighted by atomic mass is 16.5. The lowest BCUT2D eigenvalue weighted by Gasteiger charge is -2.17. The molecule has 0 aliphatic heterocycles. The number of amides is 1. The number of phenols is 2. The van der Waals surface area contributed by atoms with Crippen molar-refractivity contribution in [2.75, 3.05) is 7.11 Å². The second-order valence-corrected chi connectivity index (χ2v) is 4.96. The number of carbonyl (C=O) groups is 2. The Labute approximate surface area is 133 Å². The molecule has 0 heterocycles. The summed E-state index contributed by atoms with van der Waals surface area (Å²) in [4.78, 5) is 24.0. The third-order valence-electron chi connectivity index (χ3n) is 3.27. The van der Waals surface area contributed by atoms with Crippen molar-refractivity contribution in [2.45, 2.75) is 12.5 Å². The Balaban J connectivity index is 2.11. The molecule has 0 saturated carbocycles. The number of carbonyl (C=O) groups excluding carboxylic acids is 2. The van der Waals surface area contributed by atoms with Crippen molar-refractivity contribution in [3.05, 3.63) is 59.7 Å². The Hall–Kier alpha value is -3.02. The van der Waals surface area contributed by atoms with Gasteiger partial charge in [0.1, 0.15) is 11.5 Å². The molecule has 120 valence electrons. The number of methoxy groups -OCH3 is 1. The van der Waals surface area contributed by atoms with Gasteiger partial charge in [0.25, 0.3) is 0 Å². The van der Waals surface area contributed by atoms with Crippen LogP contribution in [0.2, 0.25) is 0 Å². The molecular weight excluding hydrogens is 298 g/mol. The molecule has 0 aliphatic rings. The van der Waals surface area contributed by atoms with Gasteiger partial charge in [0.15, 0.2) is 6.04 Å². The van der Waals surface area contributed by atoms with Crippen LogP contribution in [0.3, 0.4) is 0 Å². The third-order valence-corrected chi connectivity index (χ3v) is 3.27. The predicted octanol–water partition coefficient (Wildman–Crippen LogP) is 1.67. The van der Waals surface area contributed by atoms with Gasteiger partial charge in [0, 0.05) is 0 Å². The number of aromatic hydroxyl groups is 2. The molecule has 1 amide bonds. The molecule has 2 aromatic rings. The summed E-state index contributed by atoms with van der Waals surface area (Å²) in [7, 11) is 1.24. The van der Waals surface area contributed by atoms with E-state index in [2.05, 4.69) is 5.32 Å². The van der Waals surface area contributed by atoms with E-state index in [0.29, 0.717) is 11.1 Å². The standard InChI is InChI=1S/C17H17NO5/c1-23-17(22)16(12-4-8-14(20)9-5-12)18-15(21)10-11-2-6-13(19)7-3-11/h2-9,16,19-20H,10H2,1H3,(H,18,21)/t16-/m0/s1. The molecule has 0 spiro atoms. The molecule has 3 N–H and O–H groups in total. The van der Waals surface area contributed by atoms with Gasteiger partial charge >= 0.3 is 5.97 Å². The summed E-state index contributed by atoms with van der Waals surface area (Å²) in [6, 6.07) is 11.2. The Bertz CT molecular complexity index is 679. The van der Waals surface area contributed by atoms with Crippen molar-refractivity contribution in [2.24, 2.45) is 0 Å². The van der Waals surface area contributed by atoms with E-state index >= 15 is 0 Å². The molecule has 0 unspecified atom stereocenters. The van der Waals surface area contributed by atoms with Gasteiger partial charge in [-0.15, -0.1) is 0 Å². The molecule has 0 aliphatic carbocycles. The van der Waals surface area contributed by atoms with Crippen molar-refractivity contribution < 1.29 is 24.5 Å². The largest absolute Gasteiger partial charge is 0.508 e. The summed E-state index contributed by atoms with van der Waals surface area (Å²) < 4.78 is 4.71. The first-order valence-corrected chi connectivity index (χ1v) is 6.93. The van der Waals surface area contributed by atoms with Crippen LogP contribution in [-0.4, -0.2) is 29.2 Å². The number of benzene rings is 2. The van der Waals surface area contributed by atoms with Crippen molar-refractivity contribution in [3.8, 4) is 11.5 Å². The quantitative estimate of drug-likeness (QED) is 0.729. The lowest BCUT2D eigenvalue weighted by Crippen LogP contribution is -2.35. The molecule has 6 nitrogen and oxygen atoms in total. The van der Waals surface area contributed by atoms with E-state index in [0.717, 1.165) is 0 Å². The van der Waals surface area contributed by atoms with Gasteiger partial charge in [-0.3, -0.25) is 4.79 Å². The summed E-state index contributed by atoms with van der Waals surface area (Å²) in [5.41, 5.74) is 1.21. The van der Waals surface area contributed by atoms with Crippen LogP contribution in [0.15, 0.2) is 48.5 Å². The summed E-state index contributed by atoms with van der Waals surface area (Å²) in [6.07, 6.45) is 0.0614. The van der Waals surface area contributed by atoms with Gasteiger partial charge in [-0.05, 0) is 35.4 Å². The Morgan fingerprint density at radius 2 is 1.52 bits per heavy atom. The number of hydrogen-bond acceptors (Lipinski definition) is 5. The van der Waals surface area contributed by atoms with Gasteiger partial charge in [0.05, 0.1) is 13.5 Å². The van der Waals surface area contributed by atoms with Crippen LogP contribution in [0.5, 0.6) is 11.5 Å². The second-order valence-electron chi connectivity index (χ2n) is 4.96. The van der Waals surface area contributed by atoms with E-state index in [1.54, 1.807) is 12.1 Å². The molecule has 2 aromatic carbocycles. The average molecular weight is 315 g/mol. The Morgan fingerprint density at radius 1 is 1.00 bits per heavy atom. The number of esters is 1. The van der Waals surface area contributed by atoms with E-state index in [9.17, 15) is 19.8 Å². The lowest BCUT2D eigenvalue weighted by molar-refractivity contribution is -0.145. The number of ether oxygens (including phenoxy) is 1. The second kappa shape index (κ2) is 7.31. The summed E-state index contributed by atoms with van der Waals surface area (Å²) in [6.45, 7) is 0. The minimum atomic E-state index is -0.954. The fourth-order valence-electron chi connectivity index (χ4n) is 2.07. The fraction of sp³-hybridized carbons (Fsp3) is 0.176. The van der Waals surface area contributed by atoms with Gasteiger partial charge in [0.2, 0.25) is 5.91 Å². The number of rotatable bonds is 5. The monoisotopic (exact) mass is 315 g/mol. The zero-order chi connectivity index (χ0) is 16.8. The minimum Gasteiger partial charge on any atom is -0.508 e. The van der Waals surface area contributed by atoms with Crippen LogP contribution in [0.4, 0.5) is 0 Å². The molecule has 0 radical (unpaired) electrons. The topological polar surface area (TPSA) is 95.9 Å². The van der Waals surface area contributed by atoms with E-state index in [-0.39, 0.29) is 23.8 Å². The number of phenolic OH excluding ortho intramolecular Hbond substituents is 2. The van der Waals surface area contributed by atoms with Crippen molar-refractivity contribution in [1.29, 1.82) is 0 Å². The molecule has 23 heavy (non-hydrogen) atoms. The maximum Gasteiger partial charge on any atom is 0.333 e. The van der Waals surface area contributed by atoms with Crippen molar-refractivity contribution >= 4 is 11.9 Å². The molecule has 0 aromatic heterocycles. The van der Waals surface area contributed by atoms with Crippen LogP contribution >= 0.6 is 0 Å². The molecule has 0 saturated heterocycles. The predicted molar refractivity (Wildman–Crippen MR) is 82.8 cm³/mol. The van der Waals surface area contributed by atoms with E-state index in [1.807, 2.05) is 0 Å². The normalized spacial score (nSPS) is 11.5. The van der Waals surface area contributed by atoms with Gasteiger partial charge in [-0.1, -0.05) is 24.3 Å². The van der Waals surface area contributed by atoms with E-state index in [1.165, 1.54) is 43.5 Å². The average Bonchev–Trinajstić information content (AvgIpc) is 2.55. The number of nitrogens with one attached hydrogen (secondary N) is 1. The minimum absolute atomic E-state index is 0.0614. The smallest absolute Gasteiger partial charge is 0.333 e. The van der Waals surface area contributed by atoms with Crippen molar-refractivity contribution in [1.82, 2.24) is 5.32 Å². The Kier molecular flexibility index (Phi) is 5.19. The highest BCUT2D eigenvalue weighted by Crippen LogP contribution is 2.18. The van der Waals surface area contributed by atoms with Crippen LogP contribution in [0, 0.1) is 0 Å². The van der Waals surface area contributed by atoms with Crippen LogP contribution < -0.4 is 5.32 Å². The fourth-order valence-corrected chi connectivity index (χ4v) is 2.07. The molecule has 0 bridgehead atoms. The van der Waals surface area contributed by atoms with E-state index in [4.69, 9.17) is 4.74 Å². The van der Waals surface area contributed by atoms with Crippen molar-refractivity contribution in [3.63, 3.8) is 0 Å². The molecule has 1 atom stereocenters. The summed E-state index contributed by atoms with van der Waals surface area (Å²) >= 11 is 0. The molecule has 2 rings (SSSR count). The lowest BCUT2D eigenvalue weighted by atomic mass is 10.1. The van der Waals surface area contributed by atoms with Crippen LogP contribution in [0.1, 0.15) is 17.2 Å². The first-order chi connectivity index (χ1) is 11.0. The maximum absolute atomic E-state index is 12.1. The molecule has 0 fully saturated rings. The molecular formula is C17H17NO5. The van der Waals surface area contributed by atoms with E-state index < -0.39 is 12.0 Å². The maximum atomic E-state index is 12.1. The highest BCUT2D eigenvalue weighted by Gasteiger charge is 2.23. The van der Waals surface area contributed by atoms with Crippen LogP contribution in [0.25, 0.3) is 0 Å². The number of hydrogen-bond donors (Lipinski definition) is 3. The zero-order valence-electron chi connectivity index (χ0n) is 12.5. The summed E-state index contributed by atoms with van der Waals surface area (Å²) in [5, 5.41) is 21.1. The van der Waals surface area contributed by atoms with Crippen LogP contribution in [-0.2, 0) is 20.7 Å². The van der Waals surface area contributed by atoms with Gasteiger partial charge in [-0.2, -0.15) is 0 Å². The zero-order valence-corrected chi connectivity index (χ0v) is 12.5. The Morgan fingerprint density at radius 3 is 2.04 bits per heavy atom.